The molecule has 0 spiro atoms. The number of rotatable bonds is 4. The first-order valence-electron chi connectivity index (χ1n) is 6.50. The molecule has 0 saturated heterocycles. The Labute approximate surface area is 138 Å². The molecule has 0 saturated carbocycles. The molecule has 0 radical (unpaired) electrons. The predicted octanol–water partition coefficient (Wildman–Crippen LogP) is 2.63. The van der Waals surface area contributed by atoms with E-state index in [4.69, 9.17) is 11.6 Å². The van der Waals surface area contributed by atoms with Gasteiger partial charge in [-0.2, -0.15) is 18.3 Å². The van der Waals surface area contributed by atoms with Crippen LogP contribution >= 0.6 is 11.6 Å². The average molecular weight is 362 g/mol. The third-order valence-corrected chi connectivity index (χ3v) is 3.01. The minimum Gasteiger partial charge on any atom is -0.482 e. The molecule has 24 heavy (non-hydrogen) atoms. The van der Waals surface area contributed by atoms with Gasteiger partial charge in [-0.15, -0.1) is 0 Å². The molecule has 0 atom stereocenters. The number of hydrogen-bond acceptors (Lipinski definition) is 4. The first-order valence-corrected chi connectivity index (χ1v) is 6.88. The SMILES string of the molecule is Cn1nc(C(=O)Nc2cc(Cl)ccc2OCC(F)(F)F)ccc1=O. The van der Waals surface area contributed by atoms with E-state index in [-0.39, 0.29) is 22.2 Å². The van der Waals surface area contributed by atoms with Gasteiger partial charge in [-0.05, 0) is 24.3 Å². The largest absolute Gasteiger partial charge is 0.482 e. The number of alkyl halides is 3. The second kappa shape index (κ2) is 6.91. The highest BCUT2D eigenvalue weighted by Crippen LogP contribution is 2.30. The standard InChI is InChI=1S/C14H11ClF3N3O3/c1-21-12(22)5-3-9(20-21)13(23)19-10-6-8(15)2-4-11(10)24-7-14(16,17)18/h2-6H,7H2,1H3,(H,19,23). The maximum atomic E-state index is 12.3. The van der Waals surface area contributed by atoms with Gasteiger partial charge in [0.15, 0.2) is 6.61 Å². The fraction of sp³-hybridized carbons (Fsp3) is 0.214. The van der Waals surface area contributed by atoms with Crippen LogP contribution in [0.4, 0.5) is 18.9 Å². The zero-order chi connectivity index (χ0) is 17.9. The molecule has 1 amide bonds. The molecule has 2 rings (SSSR count). The zero-order valence-corrected chi connectivity index (χ0v) is 13.0. The summed E-state index contributed by atoms with van der Waals surface area (Å²) in [4.78, 5) is 23.4. The van der Waals surface area contributed by atoms with Crippen LogP contribution < -0.4 is 15.6 Å². The lowest BCUT2D eigenvalue weighted by Crippen LogP contribution is -2.24. The lowest BCUT2D eigenvalue weighted by atomic mass is 10.2. The van der Waals surface area contributed by atoms with Gasteiger partial charge in [0.25, 0.3) is 11.5 Å². The minimum atomic E-state index is -4.53. The molecule has 0 aliphatic heterocycles. The van der Waals surface area contributed by atoms with Gasteiger partial charge in [-0.3, -0.25) is 9.59 Å². The summed E-state index contributed by atoms with van der Waals surface area (Å²) in [6.07, 6.45) is -4.53. The Morgan fingerprint density at radius 1 is 1.33 bits per heavy atom. The molecular formula is C14H11ClF3N3O3. The van der Waals surface area contributed by atoms with E-state index >= 15 is 0 Å². The van der Waals surface area contributed by atoms with Crippen LogP contribution in [0.2, 0.25) is 5.02 Å². The lowest BCUT2D eigenvalue weighted by molar-refractivity contribution is -0.153. The number of aryl methyl sites for hydroxylation is 1. The van der Waals surface area contributed by atoms with Crippen LogP contribution in [0.3, 0.4) is 0 Å². The number of benzene rings is 1. The molecule has 128 valence electrons. The number of hydrogen-bond donors (Lipinski definition) is 1. The number of nitrogens with zero attached hydrogens (tertiary/aromatic N) is 2. The maximum Gasteiger partial charge on any atom is 0.422 e. The summed E-state index contributed by atoms with van der Waals surface area (Å²) in [6.45, 7) is -1.52. The molecule has 0 aliphatic carbocycles. The Morgan fingerprint density at radius 3 is 2.67 bits per heavy atom. The van der Waals surface area contributed by atoms with Crippen LogP contribution in [0.1, 0.15) is 10.5 Å². The molecule has 1 aromatic heterocycles. The monoisotopic (exact) mass is 361 g/mol. The molecule has 2 aromatic rings. The van der Waals surface area contributed by atoms with Crippen LogP contribution in [0.25, 0.3) is 0 Å². The van der Waals surface area contributed by atoms with Crippen LogP contribution in [0, 0.1) is 0 Å². The number of nitrogens with one attached hydrogen (secondary N) is 1. The van der Waals surface area contributed by atoms with E-state index in [1.54, 1.807) is 0 Å². The third-order valence-electron chi connectivity index (χ3n) is 2.77. The summed E-state index contributed by atoms with van der Waals surface area (Å²) in [7, 11) is 1.36. The summed E-state index contributed by atoms with van der Waals surface area (Å²) in [5, 5.41) is 6.29. The van der Waals surface area contributed by atoms with Crippen molar-refractivity contribution < 1.29 is 22.7 Å². The van der Waals surface area contributed by atoms with Crippen molar-refractivity contribution in [1.82, 2.24) is 9.78 Å². The normalized spacial score (nSPS) is 11.2. The Hall–Kier alpha value is -2.55. The van der Waals surface area contributed by atoms with Crippen molar-refractivity contribution in [2.75, 3.05) is 11.9 Å². The van der Waals surface area contributed by atoms with E-state index < -0.39 is 24.2 Å². The first-order chi connectivity index (χ1) is 11.2. The Balaban J connectivity index is 2.24. The summed E-state index contributed by atoms with van der Waals surface area (Å²) in [6, 6.07) is 6.11. The van der Waals surface area contributed by atoms with Crippen molar-refractivity contribution in [3.05, 3.63) is 51.4 Å². The van der Waals surface area contributed by atoms with Crippen LogP contribution in [-0.2, 0) is 7.05 Å². The maximum absolute atomic E-state index is 12.3. The Morgan fingerprint density at radius 2 is 2.04 bits per heavy atom. The molecular weight excluding hydrogens is 351 g/mol. The van der Waals surface area contributed by atoms with Crippen LogP contribution in [0.15, 0.2) is 35.1 Å². The average Bonchev–Trinajstić information content (AvgIpc) is 2.48. The molecule has 10 heteroatoms. The summed E-state index contributed by atoms with van der Waals surface area (Å²) in [5.74, 6) is -0.931. The second-order valence-electron chi connectivity index (χ2n) is 4.68. The van der Waals surface area contributed by atoms with Crippen molar-refractivity contribution >= 4 is 23.2 Å². The number of carbonyl (C=O) groups is 1. The summed E-state index contributed by atoms with van der Waals surface area (Å²) >= 11 is 5.79. The Bertz CT molecular complexity index is 821. The fourth-order valence-corrected chi connectivity index (χ4v) is 1.87. The quantitative estimate of drug-likeness (QED) is 0.908. The summed E-state index contributed by atoms with van der Waals surface area (Å²) in [5.41, 5.74) is -0.560. The molecule has 1 aromatic carbocycles. The molecule has 1 N–H and O–H groups in total. The third kappa shape index (κ3) is 4.72. The number of amides is 1. The Kier molecular flexibility index (Phi) is 5.13. The summed E-state index contributed by atoms with van der Waals surface area (Å²) < 4.78 is 42.5. The van der Waals surface area contributed by atoms with E-state index in [9.17, 15) is 22.8 Å². The number of carbonyl (C=O) groups excluding carboxylic acids is 1. The number of ether oxygens (including phenoxy) is 1. The predicted molar refractivity (Wildman–Crippen MR) is 80.4 cm³/mol. The van der Waals surface area contributed by atoms with Gasteiger partial charge in [-0.1, -0.05) is 11.6 Å². The highest BCUT2D eigenvalue weighted by atomic mass is 35.5. The van der Waals surface area contributed by atoms with Crippen LogP contribution in [0.5, 0.6) is 5.75 Å². The highest BCUT2D eigenvalue weighted by molar-refractivity contribution is 6.31. The molecule has 0 bridgehead atoms. The smallest absolute Gasteiger partial charge is 0.422 e. The van der Waals surface area contributed by atoms with Crippen molar-refractivity contribution in [3.8, 4) is 5.75 Å². The fourth-order valence-electron chi connectivity index (χ4n) is 1.70. The van der Waals surface area contributed by atoms with Crippen LogP contribution in [-0.4, -0.2) is 28.5 Å². The number of aromatic nitrogens is 2. The second-order valence-corrected chi connectivity index (χ2v) is 5.12. The highest BCUT2D eigenvalue weighted by Gasteiger charge is 2.29. The van der Waals surface area contributed by atoms with Gasteiger partial charge >= 0.3 is 6.18 Å². The molecule has 6 nitrogen and oxygen atoms in total. The first kappa shape index (κ1) is 17.8. The minimum absolute atomic E-state index is 0.0487. The molecule has 0 aliphatic rings. The van der Waals surface area contributed by atoms with E-state index in [0.717, 1.165) is 10.7 Å². The molecule has 0 fully saturated rings. The van der Waals surface area contributed by atoms with E-state index in [0.29, 0.717) is 0 Å². The van der Waals surface area contributed by atoms with E-state index in [1.807, 2.05) is 0 Å². The van der Waals surface area contributed by atoms with Crippen molar-refractivity contribution in [3.63, 3.8) is 0 Å². The van der Waals surface area contributed by atoms with Gasteiger partial charge in [0.05, 0.1) is 5.69 Å². The number of halogens is 4. The van der Waals surface area contributed by atoms with Crippen molar-refractivity contribution in [2.24, 2.45) is 7.05 Å². The van der Waals surface area contributed by atoms with Gasteiger partial charge in [0.2, 0.25) is 0 Å². The zero-order valence-electron chi connectivity index (χ0n) is 12.2. The van der Waals surface area contributed by atoms with Crippen molar-refractivity contribution in [1.29, 1.82) is 0 Å². The van der Waals surface area contributed by atoms with Gasteiger partial charge in [0, 0.05) is 18.1 Å². The van der Waals surface area contributed by atoms with Gasteiger partial charge in [-0.25, -0.2) is 4.68 Å². The molecule has 1 heterocycles. The lowest BCUT2D eigenvalue weighted by Gasteiger charge is -2.14. The topological polar surface area (TPSA) is 73.2 Å². The van der Waals surface area contributed by atoms with Crippen molar-refractivity contribution in [2.45, 2.75) is 6.18 Å². The van der Waals surface area contributed by atoms with E-state index in [1.165, 1.54) is 31.3 Å². The van der Waals surface area contributed by atoms with Gasteiger partial charge < -0.3 is 10.1 Å². The molecule has 0 unspecified atom stereocenters. The number of anilines is 1. The van der Waals surface area contributed by atoms with E-state index in [2.05, 4.69) is 15.2 Å². The van der Waals surface area contributed by atoms with Gasteiger partial charge in [0.1, 0.15) is 11.4 Å².